The molecule has 0 fully saturated rings. The second-order valence-electron chi connectivity index (χ2n) is 28.7. The molecule has 3 nitrogen and oxygen atoms in total. The first kappa shape index (κ1) is 57.9. The molecule has 11 aromatic carbocycles. The lowest BCUT2D eigenvalue weighted by Crippen LogP contribution is -2.61. The minimum atomic E-state index is -0.334. The molecule has 0 bridgehead atoms. The highest BCUT2D eigenvalue weighted by Gasteiger charge is 2.45. The number of anilines is 9. The molecule has 0 radical (unpaired) electrons. The number of hydrogen-bond acceptors (Lipinski definition) is 3. The zero-order chi connectivity index (χ0) is 61.5. The molecule has 0 N–H and O–H groups in total. The SMILES string of the molecule is CC(C)(C)c1ccc(N(c2ccccc2)c2cc3c4c(c2)N(c2ccc(C(C)(C)c5ccc(-c6ccccc6)cc5)cc2)c2ccc(C(C)(C)c5ccc(-c6ccccc6)cc5)cc2B4c2cc(C(C)(C)C)ccc2N3c2ccc(C(C)(C)C)cc2)cc1. The van der Waals surface area contributed by atoms with Gasteiger partial charge in [0.05, 0.1) is 5.69 Å². The molecule has 436 valence electrons. The summed E-state index contributed by atoms with van der Waals surface area (Å²) in [6, 6.07) is 98.7. The first-order chi connectivity index (χ1) is 42.0. The Bertz CT molecular complexity index is 4320. The zero-order valence-electron chi connectivity index (χ0n) is 53.7. The molecule has 0 saturated heterocycles. The maximum absolute atomic E-state index is 2.59. The fourth-order valence-electron chi connectivity index (χ4n) is 13.6. The Morgan fingerprint density at radius 2 is 0.580 bits per heavy atom. The van der Waals surface area contributed by atoms with Gasteiger partial charge >= 0.3 is 0 Å². The largest absolute Gasteiger partial charge is 0.311 e. The van der Waals surface area contributed by atoms with Crippen LogP contribution in [0.3, 0.4) is 0 Å². The molecule has 88 heavy (non-hydrogen) atoms. The Morgan fingerprint density at radius 3 is 1.00 bits per heavy atom. The van der Waals surface area contributed by atoms with Crippen LogP contribution < -0.4 is 31.1 Å². The summed E-state index contributed by atoms with van der Waals surface area (Å²) in [5.41, 5.74) is 27.3. The number of fused-ring (bicyclic) bond motifs is 4. The predicted octanol–water partition coefficient (Wildman–Crippen LogP) is 21.1. The maximum Gasteiger partial charge on any atom is 0.252 e. The normalized spacial score (nSPS) is 13.2. The van der Waals surface area contributed by atoms with Crippen molar-refractivity contribution in [3.05, 3.63) is 300 Å². The van der Waals surface area contributed by atoms with Crippen molar-refractivity contribution in [2.75, 3.05) is 14.7 Å². The van der Waals surface area contributed by atoms with Gasteiger partial charge in [-0.05, 0) is 167 Å². The highest BCUT2D eigenvalue weighted by Crippen LogP contribution is 2.50. The second kappa shape index (κ2) is 21.9. The molecule has 2 heterocycles. The summed E-state index contributed by atoms with van der Waals surface area (Å²) in [5.74, 6) is 0. The first-order valence-electron chi connectivity index (χ1n) is 31.6. The third-order valence-corrected chi connectivity index (χ3v) is 19.2. The van der Waals surface area contributed by atoms with E-state index in [1.807, 2.05) is 0 Å². The average molecular weight is 1140 g/mol. The van der Waals surface area contributed by atoms with E-state index in [1.54, 1.807) is 0 Å². The summed E-state index contributed by atoms with van der Waals surface area (Å²) in [5, 5.41) is 0. The van der Waals surface area contributed by atoms with Crippen molar-refractivity contribution in [2.45, 2.75) is 117 Å². The number of rotatable bonds is 11. The molecule has 11 aromatic rings. The van der Waals surface area contributed by atoms with Crippen LogP contribution in [-0.4, -0.2) is 6.71 Å². The first-order valence-corrected chi connectivity index (χ1v) is 31.6. The van der Waals surface area contributed by atoms with Crippen molar-refractivity contribution in [3.63, 3.8) is 0 Å². The van der Waals surface area contributed by atoms with E-state index >= 15 is 0 Å². The average Bonchev–Trinajstić information content (AvgIpc) is 0.751. The minimum Gasteiger partial charge on any atom is -0.311 e. The van der Waals surface area contributed by atoms with E-state index in [0.717, 1.165) is 39.8 Å². The van der Waals surface area contributed by atoms with Crippen LogP contribution in [0.1, 0.15) is 129 Å². The summed E-state index contributed by atoms with van der Waals surface area (Å²) >= 11 is 0. The summed E-state index contributed by atoms with van der Waals surface area (Å²) in [4.78, 5) is 7.64. The molecule has 4 heteroatoms. The van der Waals surface area contributed by atoms with E-state index in [4.69, 9.17) is 0 Å². The van der Waals surface area contributed by atoms with Crippen molar-refractivity contribution >= 4 is 74.3 Å². The van der Waals surface area contributed by atoms with E-state index in [0.29, 0.717) is 0 Å². The van der Waals surface area contributed by atoms with Crippen molar-refractivity contribution in [2.24, 2.45) is 0 Å². The molecule has 2 aliphatic heterocycles. The van der Waals surface area contributed by atoms with Crippen molar-refractivity contribution in [3.8, 4) is 22.3 Å². The molecule has 13 rings (SSSR count). The van der Waals surface area contributed by atoms with E-state index in [9.17, 15) is 0 Å². The van der Waals surface area contributed by atoms with Crippen molar-refractivity contribution in [1.29, 1.82) is 0 Å². The van der Waals surface area contributed by atoms with Crippen LogP contribution in [-0.2, 0) is 27.1 Å². The van der Waals surface area contributed by atoms with Gasteiger partial charge in [-0.3, -0.25) is 0 Å². The van der Waals surface area contributed by atoms with Gasteiger partial charge in [0.2, 0.25) is 0 Å². The van der Waals surface area contributed by atoms with Gasteiger partial charge in [0.1, 0.15) is 0 Å². The van der Waals surface area contributed by atoms with Crippen LogP contribution in [0.2, 0.25) is 0 Å². The predicted molar refractivity (Wildman–Crippen MR) is 379 cm³/mol. The molecule has 2 aliphatic rings. The van der Waals surface area contributed by atoms with Gasteiger partial charge in [0, 0.05) is 56.3 Å². The van der Waals surface area contributed by atoms with E-state index in [-0.39, 0.29) is 33.8 Å². The lowest BCUT2D eigenvalue weighted by atomic mass is 9.33. The highest BCUT2D eigenvalue weighted by molar-refractivity contribution is 7.00. The Labute approximate surface area is 525 Å². The zero-order valence-corrected chi connectivity index (χ0v) is 53.7. The number of para-hydroxylation sites is 1. The molecule has 0 aromatic heterocycles. The second-order valence-corrected chi connectivity index (χ2v) is 28.7. The number of hydrogen-bond donors (Lipinski definition) is 0. The standard InChI is InChI=1S/C84H82BN3/c1-80(2,3)61-37-45-69(46-38-61)86(68-27-21-16-22-28-68)72-55-77-79-78(56-72)88(71-49-41-65(42-50-71)83(10,11)63-33-29-59(30-34-63)57-23-17-14-18-24-57)76-52-44-67(84(12,13)64-35-31-60(32-36-64)58-25-19-15-20-26-58)54-74(76)85(79)73-53-66(82(7,8)9)43-51-75(73)87(77)70-47-39-62(40-48-70)81(4,5)6/h14-56H,1-13H3. The molecule has 0 unspecified atom stereocenters. The fourth-order valence-corrected chi connectivity index (χ4v) is 13.6. The van der Waals surface area contributed by atoms with E-state index < -0.39 is 0 Å². The minimum absolute atomic E-state index is 0.00186. The van der Waals surface area contributed by atoms with Crippen LogP contribution >= 0.6 is 0 Å². The third kappa shape index (κ3) is 10.5. The highest BCUT2D eigenvalue weighted by atomic mass is 15.2. The molecule has 0 atom stereocenters. The van der Waals surface area contributed by atoms with Gasteiger partial charge in [-0.1, -0.05) is 278 Å². The Balaban J connectivity index is 1.07. The van der Waals surface area contributed by atoms with Gasteiger partial charge in [0.25, 0.3) is 6.71 Å². The number of benzene rings is 11. The molecule has 0 saturated carbocycles. The topological polar surface area (TPSA) is 9.72 Å². The van der Waals surface area contributed by atoms with Crippen LogP contribution in [0.5, 0.6) is 0 Å². The van der Waals surface area contributed by atoms with Gasteiger partial charge in [0.15, 0.2) is 0 Å². The monoisotopic (exact) mass is 1140 g/mol. The van der Waals surface area contributed by atoms with Crippen LogP contribution in [0, 0.1) is 0 Å². The fraction of sp³-hybridized carbons (Fsp3) is 0.214. The lowest BCUT2D eigenvalue weighted by molar-refractivity contribution is 0.590. The van der Waals surface area contributed by atoms with Crippen molar-refractivity contribution < 1.29 is 0 Å². The third-order valence-electron chi connectivity index (χ3n) is 19.2. The smallest absolute Gasteiger partial charge is 0.252 e. The van der Waals surface area contributed by atoms with Crippen molar-refractivity contribution in [1.82, 2.24) is 0 Å². The summed E-state index contributed by atoms with van der Waals surface area (Å²) < 4.78 is 0. The van der Waals surface area contributed by atoms with Gasteiger partial charge in [-0.25, -0.2) is 0 Å². The summed E-state index contributed by atoms with van der Waals surface area (Å²) in [6.45, 7) is 30.3. The summed E-state index contributed by atoms with van der Waals surface area (Å²) in [7, 11) is 0. The van der Waals surface area contributed by atoms with Crippen LogP contribution in [0.15, 0.2) is 261 Å². The Hall–Kier alpha value is -9.12. The number of nitrogens with zero attached hydrogens (tertiary/aromatic N) is 3. The Kier molecular flexibility index (Phi) is 14.4. The van der Waals surface area contributed by atoms with Gasteiger partial charge in [-0.2, -0.15) is 0 Å². The summed E-state index contributed by atoms with van der Waals surface area (Å²) in [6.07, 6.45) is 0. The quantitative estimate of drug-likeness (QED) is 0.120. The van der Waals surface area contributed by atoms with Gasteiger partial charge in [-0.15, -0.1) is 0 Å². The van der Waals surface area contributed by atoms with E-state index in [1.165, 1.54) is 89.0 Å². The van der Waals surface area contributed by atoms with Crippen LogP contribution in [0.25, 0.3) is 22.3 Å². The molecule has 0 spiro atoms. The molecular formula is C84H82BN3. The molecule has 0 aliphatic carbocycles. The van der Waals surface area contributed by atoms with E-state index in [2.05, 4.69) is 366 Å². The van der Waals surface area contributed by atoms with Gasteiger partial charge < -0.3 is 14.7 Å². The lowest BCUT2D eigenvalue weighted by Gasteiger charge is -2.46. The Morgan fingerprint density at radius 1 is 0.261 bits per heavy atom. The maximum atomic E-state index is 2.59. The molecular weight excluding hydrogens is 1060 g/mol. The molecule has 0 amide bonds. The van der Waals surface area contributed by atoms with Crippen LogP contribution in [0.4, 0.5) is 51.2 Å².